The van der Waals surface area contributed by atoms with E-state index in [4.69, 9.17) is 0 Å². The molecule has 0 spiro atoms. The highest BCUT2D eigenvalue weighted by Gasteiger charge is 2.24. The number of hydrogen-bond donors (Lipinski definition) is 1. The number of alkyl halides is 1. The molecule has 0 aromatic carbocycles. The molecular weight excluding hydrogens is 230 g/mol. The van der Waals surface area contributed by atoms with Crippen molar-refractivity contribution in [1.29, 1.82) is 0 Å². The van der Waals surface area contributed by atoms with E-state index >= 15 is 0 Å². The molecule has 0 aromatic heterocycles. The maximum Gasteiger partial charge on any atom is 0.225 e. The first-order valence-corrected chi connectivity index (χ1v) is 5.74. The third-order valence-electron chi connectivity index (χ3n) is 2.33. The monoisotopic (exact) mass is 249 g/mol. The molecule has 0 aromatic rings. The summed E-state index contributed by atoms with van der Waals surface area (Å²) in [7, 11) is 0. The maximum absolute atomic E-state index is 11.6. The summed E-state index contributed by atoms with van der Waals surface area (Å²) < 4.78 is 0. The van der Waals surface area contributed by atoms with Gasteiger partial charge in [-0.05, 0) is 12.8 Å². The van der Waals surface area contributed by atoms with E-state index in [1.807, 2.05) is 20.8 Å². The lowest BCUT2D eigenvalue weighted by Gasteiger charge is -2.21. The minimum Gasteiger partial charge on any atom is -0.356 e. The number of carbonyl (C=O) groups excluding carboxylic acids is 1. The molecule has 0 aliphatic heterocycles. The second-order valence-electron chi connectivity index (χ2n) is 4.06. The maximum atomic E-state index is 11.6. The molecule has 0 radical (unpaired) electrons. The van der Waals surface area contributed by atoms with Crippen molar-refractivity contribution in [3.63, 3.8) is 0 Å². The summed E-state index contributed by atoms with van der Waals surface area (Å²) in [5.41, 5.74) is -0.227. The Morgan fingerprint density at radius 3 is 2.46 bits per heavy atom. The van der Waals surface area contributed by atoms with Crippen LogP contribution in [0.2, 0.25) is 0 Å². The van der Waals surface area contributed by atoms with Crippen LogP contribution in [0.1, 0.15) is 40.5 Å². The molecule has 3 heteroatoms. The van der Waals surface area contributed by atoms with Crippen LogP contribution < -0.4 is 5.32 Å². The van der Waals surface area contributed by atoms with E-state index in [0.717, 1.165) is 19.4 Å². The van der Waals surface area contributed by atoms with Gasteiger partial charge >= 0.3 is 0 Å². The first kappa shape index (κ1) is 12.9. The molecule has 0 fully saturated rings. The Labute approximate surface area is 89.6 Å². The van der Waals surface area contributed by atoms with E-state index < -0.39 is 0 Å². The van der Waals surface area contributed by atoms with Crippen LogP contribution in [0.25, 0.3) is 0 Å². The van der Waals surface area contributed by atoms with Gasteiger partial charge < -0.3 is 5.32 Å². The van der Waals surface area contributed by atoms with Gasteiger partial charge in [-0.2, -0.15) is 0 Å². The lowest BCUT2D eigenvalue weighted by Crippen LogP contribution is -2.37. The van der Waals surface area contributed by atoms with Crippen LogP contribution in [0.3, 0.4) is 0 Å². The molecule has 0 aliphatic rings. The highest BCUT2D eigenvalue weighted by molar-refractivity contribution is 9.09. The minimum absolute atomic E-state index is 0.156. The molecule has 1 unspecified atom stereocenters. The topological polar surface area (TPSA) is 29.1 Å². The number of rotatable bonds is 5. The first-order chi connectivity index (χ1) is 5.90. The number of nitrogens with one attached hydrogen (secondary N) is 1. The fraction of sp³-hybridized carbons (Fsp3) is 0.900. The Morgan fingerprint density at radius 2 is 2.08 bits per heavy atom. The summed E-state index contributed by atoms with van der Waals surface area (Å²) >= 11 is 3.44. The third-order valence-corrected chi connectivity index (χ3v) is 2.78. The van der Waals surface area contributed by atoms with Crippen LogP contribution >= 0.6 is 15.9 Å². The Kier molecular flexibility index (Phi) is 5.61. The fourth-order valence-corrected chi connectivity index (χ4v) is 1.01. The molecule has 13 heavy (non-hydrogen) atoms. The van der Waals surface area contributed by atoms with Crippen LogP contribution in [0.5, 0.6) is 0 Å². The number of halogens is 1. The van der Waals surface area contributed by atoms with Crippen molar-refractivity contribution in [2.75, 3.05) is 6.54 Å². The van der Waals surface area contributed by atoms with Crippen LogP contribution in [0, 0.1) is 5.41 Å². The Morgan fingerprint density at radius 1 is 1.54 bits per heavy atom. The lowest BCUT2D eigenvalue weighted by molar-refractivity contribution is -0.129. The average Bonchev–Trinajstić information content (AvgIpc) is 2.03. The highest BCUT2D eigenvalue weighted by atomic mass is 79.9. The van der Waals surface area contributed by atoms with Gasteiger partial charge in [-0.25, -0.2) is 0 Å². The van der Waals surface area contributed by atoms with Gasteiger partial charge in [0.15, 0.2) is 0 Å². The standard InChI is InChI=1S/C10H20BrNO/c1-5-10(3,4)9(13)12-7-6-8(2)11/h8H,5-7H2,1-4H3,(H,12,13). The predicted molar refractivity (Wildman–Crippen MR) is 60.1 cm³/mol. The summed E-state index contributed by atoms with van der Waals surface area (Å²) in [4.78, 5) is 12.0. The zero-order chi connectivity index (χ0) is 10.5. The number of carbonyl (C=O) groups is 1. The van der Waals surface area contributed by atoms with Gasteiger partial charge in [0.2, 0.25) is 5.91 Å². The van der Waals surface area contributed by atoms with Crippen molar-refractivity contribution >= 4 is 21.8 Å². The summed E-state index contributed by atoms with van der Waals surface area (Å²) in [5, 5.41) is 2.94. The molecule has 1 amide bonds. The molecule has 0 heterocycles. The van der Waals surface area contributed by atoms with E-state index in [2.05, 4.69) is 28.2 Å². The molecule has 2 nitrogen and oxygen atoms in total. The van der Waals surface area contributed by atoms with Crippen LogP contribution in [0.15, 0.2) is 0 Å². The Bertz CT molecular complexity index is 166. The second kappa shape index (κ2) is 5.63. The summed E-state index contributed by atoms with van der Waals surface area (Å²) in [5.74, 6) is 0.156. The van der Waals surface area contributed by atoms with Crippen molar-refractivity contribution in [2.45, 2.75) is 45.4 Å². The van der Waals surface area contributed by atoms with Gasteiger partial charge in [0.25, 0.3) is 0 Å². The molecule has 1 atom stereocenters. The lowest BCUT2D eigenvalue weighted by atomic mass is 9.89. The number of amides is 1. The average molecular weight is 250 g/mol. The van der Waals surface area contributed by atoms with Crippen LogP contribution in [-0.4, -0.2) is 17.3 Å². The van der Waals surface area contributed by atoms with E-state index in [1.54, 1.807) is 0 Å². The first-order valence-electron chi connectivity index (χ1n) is 4.82. The largest absolute Gasteiger partial charge is 0.356 e. The predicted octanol–water partition coefficient (Wildman–Crippen LogP) is 2.71. The van der Waals surface area contributed by atoms with Gasteiger partial charge in [0.05, 0.1) is 0 Å². The molecule has 0 saturated heterocycles. The van der Waals surface area contributed by atoms with Crippen molar-refractivity contribution in [1.82, 2.24) is 5.32 Å². The quantitative estimate of drug-likeness (QED) is 0.747. The SMILES string of the molecule is CCC(C)(C)C(=O)NCCC(C)Br. The van der Waals surface area contributed by atoms with Crippen molar-refractivity contribution in [2.24, 2.45) is 5.41 Å². The summed E-state index contributed by atoms with van der Waals surface area (Å²) in [6.07, 6.45) is 1.86. The zero-order valence-electron chi connectivity index (χ0n) is 8.98. The molecule has 1 N–H and O–H groups in total. The van der Waals surface area contributed by atoms with E-state index in [9.17, 15) is 4.79 Å². The van der Waals surface area contributed by atoms with Gasteiger partial charge in [0, 0.05) is 16.8 Å². The van der Waals surface area contributed by atoms with Gasteiger partial charge in [-0.3, -0.25) is 4.79 Å². The smallest absolute Gasteiger partial charge is 0.225 e. The van der Waals surface area contributed by atoms with Crippen molar-refractivity contribution in [3.05, 3.63) is 0 Å². The van der Waals surface area contributed by atoms with Gasteiger partial charge in [-0.15, -0.1) is 0 Å². The fourth-order valence-electron chi connectivity index (χ4n) is 0.784. The van der Waals surface area contributed by atoms with E-state index in [-0.39, 0.29) is 11.3 Å². The third kappa shape index (κ3) is 5.29. The summed E-state index contributed by atoms with van der Waals surface area (Å²) in [6.45, 7) is 8.82. The zero-order valence-corrected chi connectivity index (χ0v) is 10.6. The van der Waals surface area contributed by atoms with Crippen molar-refractivity contribution in [3.8, 4) is 0 Å². The normalized spacial score (nSPS) is 13.9. The molecule has 0 rings (SSSR count). The van der Waals surface area contributed by atoms with Gasteiger partial charge in [-0.1, -0.05) is 43.6 Å². The van der Waals surface area contributed by atoms with Crippen molar-refractivity contribution < 1.29 is 4.79 Å². The van der Waals surface area contributed by atoms with Crippen LogP contribution in [0.4, 0.5) is 0 Å². The van der Waals surface area contributed by atoms with E-state index in [1.165, 1.54) is 0 Å². The molecule has 0 bridgehead atoms. The molecule has 78 valence electrons. The van der Waals surface area contributed by atoms with E-state index in [0.29, 0.717) is 4.83 Å². The Hall–Kier alpha value is -0.0500. The highest BCUT2D eigenvalue weighted by Crippen LogP contribution is 2.19. The molecule has 0 aliphatic carbocycles. The molecular formula is C10H20BrNO. The minimum atomic E-state index is -0.227. The summed E-state index contributed by atoms with van der Waals surface area (Å²) in [6, 6.07) is 0. The van der Waals surface area contributed by atoms with Gasteiger partial charge in [0.1, 0.15) is 0 Å². The number of hydrogen-bond acceptors (Lipinski definition) is 1. The Balaban J connectivity index is 3.75. The molecule has 0 saturated carbocycles. The van der Waals surface area contributed by atoms with Crippen LogP contribution in [-0.2, 0) is 4.79 Å². The second-order valence-corrected chi connectivity index (χ2v) is 5.63.